The van der Waals surface area contributed by atoms with Gasteiger partial charge in [0.05, 0.1) is 11.3 Å². The fraction of sp³-hybridized carbons (Fsp3) is 0.167. The highest BCUT2D eigenvalue weighted by molar-refractivity contribution is 5.93. The summed E-state index contributed by atoms with van der Waals surface area (Å²) in [4.78, 5) is 27.4. The van der Waals surface area contributed by atoms with E-state index in [2.05, 4.69) is 15.6 Å². The van der Waals surface area contributed by atoms with Crippen LogP contribution in [0.3, 0.4) is 0 Å². The van der Waals surface area contributed by atoms with Gasteiger partial charge in [-0.3, -0.25) is 9.78 Å². The van der Waals surface area contributed by atoms with Gasteiger partial charge in [-0.1, -0.05) is 12.1 Å². The molecule has 0 aliphatic rings. The van der Waals surface area contributed by atoms with Crippen molar-refractivity contribution in [3.63, 3.8) is 0 Å². The van der Waals surface area contributed by atoms with Gasteiger partial charge in [-0.2, -0.15) is 0 Å². The van der Waals surface area contributed by atoms with Gasteiger partial charge in [0.2, 0.25) is 0 Å². The molecule has 3 rings (SSSR count). The van der Waals surface area contributed by atoms with Crippen LogP contribution in [0.5, 0.6) is 0 Å². The van der Waals surface area contributed by atoms with Crippen LogP contribution in [0.2, 0.25) is 0 Å². The van der Waals surface area contributed by atoms with Crippen LogP contribution in [-0.4, -0.2) is 24.0 Å². The van der Waals surface area contributed by atoms with Crippen molar-refractivity contribution >= 4 is 22.6 Å². The molecule has 0 saturated heterocycles. The van der Waals surface area contributed by atoms with E-state index < -0.39 is 0 Å². The van der Waals surface area contributed by atoms with Crippen molar-refractivity contribution in [1.29, 1.82) is 0 Å². The molecular weight excluding hydrogens is 306 g/mol. The van der Waals surface area contributed by atoms with Gasteiger partial charge < -0.3 is 15.1 Å². The molecule has 0 aliphatic carbocycles. The van der Waals surface area contributed by atoms with E-state index in [1.54, 1.807) is 24.4 Å². The molecule has 0 atom stereocenters. The smallest absolute Gasteiger partial charge is 0.338 e. The first-order valence-electron chi connectivity index (χ1n) is 7.69. The predicted molar refractivity (Wildman–Crippen MR) is 92.2 cm³/mol. The molecule has 2 heterocycles. The minimum Gasteiger partial charge on any atom is -0.423 e. The summed E-state index contributed by atoms with van der Waals surface area (Å²) in [7, 11) is 0. The summed E-state index contributed by atoms with van der Waals surface area (Å²) in [6.45, 7) is 1.15. The van der Waals surface area contributed by atoms with Crippen LogP contribution >= 0.6 is 0 Å². The first-order valence-corrected chi connectivity index (χ1v) is 7.69. The lowest BCUT2D eigenvalue weighted by atomic mass is 10.2. The maximum atomic E-state index is 11.9. The molecule has 122 valence electrons. The summed E-state index contributed by atoms with van der Waals surface area (Å²) in [5.74, 6) is -0.145. The van der Waals surface area contributed by atoms with Crippen LogP contribution in [0.1, 0.15) is 16.8 Å². The van der Waals surface area contributed by atoms with Gasteiger partial charge in [-0.05, 0) is 30.7 Å². The van der Waals surface area contributed by atoms with Gasteiger partial charge in [-0.15, -0.1) is 0 Å². The second-order valence-electron chi connectivity index (χ2n) is 5.25. The molecule has 3 aromatic rings. The van der Waals surface area contributed by atoms with Crippen molar-refractivity contribution in [2.45, 2.75) is 6.42 Å². The van der Waals surface area contributed by atoms with E-state index in [1.165, 1.54) is 12.3 Å². The van der Waals surface area contributed by atoms with Crippen LogP contribution in [-0.2, 0) is 0 Å². The number of nitrogens with zero attached hydrogens (tertiary/aromatic N) is 1. The Morgan fingerprint density at radius 1 is 1.12 bits per heavy atom. The standard InChI is InChI=1S/C18H17N3O3/c22-17-11-15(14-6-1-2-7-16(14)24-17)20-9-4-10-21-18(23)13-5-3-8-19-12-13/h1-3,5-8,11-12,20H,4,9-10H2,(H,21,23). The van der Waals surface area contributed by atoms with Crippen molar-refractivity contribution in [1.82, 2.24) is 10.3 Å². The molecule has 0 saturated carbocycles. The highest BCUT2D eigenvalue weighted by Crippen LogP contribution is 2.20. The molecule has 6 nitrogen and oxygen atoms in total. The minimum absolute atomic E-state index is 0.145. The van der Waals surface area contributed by atoms with Crippen molar-refractivity contribution in [2.75, 3.05) is 18.4 Å². The molecule has 1 amide bonds. The molecule has 1 aromatic carbocycles. The van der Waals surface area contributed by atoms with E-state index in [0.29, 0.717) is 24.2 Å². The van der Waals surface area contributed by atoms with Gasteiger partial charge in [0, 0.05) is 36.9 Å². The third-order valence-electron chi connectivity index (χ3n) is 3.53. The molecule has 6 heteroatoms. The van der Waals surface area contributed by atoms with Crippen LogP contribution < -0.4 is 16.3 Å². The SMILES string of the molecule is O=C(NCCCNc1cc(=O)oc2ccccc12)c1cccnc1. The molecule has 0 radical (unpaired) electrons. The number of amides is 1. The van der Waals surface area contributed by atoms with Crippen LogP contribution in [0.25, 0.3) is 11.0 Å². The lowest BCUT2D eigenvalue weighted by Crippen LogP contribution is -2.25. The molecule has 0 fully saturated rings. The molecule has 0 spiro atoms. The number of aromatic nitrogens is 1. The van der Waals surface area contributed by atoms with E-state index in [-0.39, 0.29) is 11.5 Å². The zero-order valence-electron chi connectivity index (χ0n) is 13.0. The third-order valence-corrected chi connectivity index (χ3v) is 3.53. The lowest BCUT2D eigenvalue weighted by Gasteiger charge is -2.09. The number of pyridine rings is 1. The van der Waals surface area contributed by atoms with E-state index in [4.69, 9.17) is 4.42 Å². The first kappa shape index (κ1) is 15.7. The van der Waals surface area contributed by atoms with E-state index in [1.807, 2.05) is 18.2 Å². The summed E-state index contributed by atoms with van der Waals surface area (Å²) in [6, 6.07) is 12.3. The van der Waals surface area contributed by atoms with Crippen molar-refractivity contribution in [3.05, 3.63) is 70.8 Å². The van der Waals surface area contributed by atoms with Gasteiger partial charge >= 0.3 is 5.63 Å². The Morgan fingerprint density at radius 3 is 2.83 bits per heavy atom. The largest absolute Gasteiger partial charge is 0.423 e. The average molecular weight is 323 g/mol. The Balaban J connectivity index is 1.52. The summed E-state index contributed by atoms with van der Waals surface area (Å²) in [6.07, 6.45) is 3.88. The van der Waals surface area contributed by atoms with E-state index in [9.17, 15) is 9.59 Å². The molecule has 0 unspecified atom stereocenters. The second-order valence-corrected chi connectivity index (χ2v) is 5.25. The molecule has 24 heavy (non-hydrogen) atoms. The number of benzene rings is 1. The second kappa shape index (κ2) is 7.41. The monoisotopic (exact) mass is 323 g/mol. The number of rotatable bonds is 6. The van der Waals surface area contributed by atoms with Gasteiger partial charge in [0.1, 0.15) is 5.58 Å². The molecule has 0 aliphatic heterocycles. The van der Waals surface area contributed by atoms with Gasteiger partial charge in [0.25, 0.3) is 5.91 Å². The Hall–Kier alpha value is -3.15. The number of nitrogens with one attached hydrogen (secondary N) is 2. The molecular formula is C18H17N3O3. The Morgan fingerprint density at radius 2 is 2.00 bits per heavy atom. The lowest BCUT2D eigenvalue weighted by molar-refractivity contribution is 0.0953. The zero-order valence-corrected chi connectivity index (χ0v) is 13.0. The summed E-state index contributed by atoms with van der Waals surface area (Å²) in [5.41, 5.74) is 1.44. The quantitative estimate of drug-likeness (QED) is 0.537. The topological polar surface area (TPSA) is 84.2 Å². The number of carbonyl (C=O) groups excluding carboxylic acids is 1. The zero-order chi connectivity index (χ0) is 16.8. The average Bonchev–Trinajstić information content (AvgIpc) is 2.61. The molecule has 2 N–H and O–H groups in total. The van der Waals surface area contributed by atoms with Crippen LogP contribution in [0.15, 0.2) is 64.1 Å². The summed E-state index contributed by atoms with van der Waals surface area (Å²) < 4.78 is 5.15. The van der Waals surface area contributed by atoms with Crippen LogP contribution in [0.4, 0.5) is 5.69 Å². The first-order chi connectivity index (χ1) is 11.7. The van der Waals surface area contributed by atoms with E-state index >= 15 is 0 Å². The fourth-order valence-corrected chi connectivity index (χ4v) is 2.37. The van der Waals surface area contributed by atoms with Gasteiger partial charge in [-0.25, -0.2) is 4.79 Å². The minimum atomic E-state index is -0.388. The highest BCUT2D eigenvalue weighted by atomic mass is 16.4. The maximum absolute atomic E-state index is 11.9. The van der Waals surface area contributed by atoms with E-state index in [0.717, 1.165) is 17.5 Å². The molecule has 0 bridgehead atoms. The summed E-state index contributed by atoms with van der Waals surface area (Å²) >= 11 is 0. The number of para-hydroxylation sites is 1. The number of hydrogen-bond acceptors (Lipinski definition) is 5. The maximum Gasteiger partial charge on any atom is 0.338 e. The van der Waals surface area contributed by atoms with Crippen molar-refractivity contribution < 1.29 is 9.21 Å². The third kappa shape index (κ3) is 3.78. The summed E-state index contributed by atoms with van der Waals surface area (Å²) in [5, 5.41) is 6.91. The number of anilines is 1. The number of fused-ring (bicyclic) bond motifs is 1. The van der Waals surface area contributed by atoms with Crippen LogP contribution in [0, 0.1) is 0 Å². The Kier molecular flexibility index (Phi) is 4.86. The predicted octanol–water partition coefficient (Wildman–Crippen LogP) is 2.42. The Bertz CT molecular complexity index is 891. The van der Waals surface area contributed by atoms with Crippen molar-refractivity contribution in [2.24, 2.45) is 0 Å². The normalized spacial score (nSPS) is 10.5. The number of carbonyl (C=O) groups is 1. The fourth-order valence-electron chi connectivity index (χ4n) is 2.37. The van der Waals surface area contributed by atoms with Gasteiger partial charge in [0.15, 0.2) is 0 Å². The van der Waals surface area contributed by atoms with Crippen molar-refractivity contribution in [3.8, 4) is 0 Å². The highest BCUT2D eigenvalue weighted by Gasteiger charge is 2.05. The molecule has 2 aromatic heterocycles. The Labute approximate surface area is 138 Å². The number of hydrogen-bond donors (Lipinski definition) is 2.